The highest BCUT2D eigenvalue weighted by atomic mass is 32.1. The first-order valence-corrected chi connectivity index (χ1v) is 8.94. The van der Waals surface area contributed by atoms with Gasteiger partial charge in [0, 0.05) is 30.6 Å². The van der Waals surface area contributed by atoms with Crippen molar-refractivity contribution >= 4 is 29.2 Å². The number of imide groups is 1. The van der Waals surface area contributed by atoms with Gasteiger partial charge in [0.15, 0.2) is 5.82 Å². The van der Waals surface area contributed by atoms with Crippen LogP contribution in [0.5, 0.6) is 0 Å². The SMILES string of the molecule is O=C1CNC(=O)N1CC1CCN(c2ncc(F)c(-c3ccsc3)n2)C1. The number of nitrogens with zero attached hydrogens (tertiary/aromatic N) is 4. The Hall–Kier alpha value is -2.55. The van der Waals surface area contributed by atoms with E-state index in [9.17, 15) is 14.0 Å². The number of aromatic nitrogens is 2. The molecule has 2 saturated heterocycles. The van der Waals surface area contributed by atoms with Gasteiger partial charge in [0.25, 0.3) is 0 Å². The van der Waals surface area contributed by atoms with Gasteiger partial charge in [-0.25, -0.2) is 19.2 Å². The average molecular weight is 361 g/mol. The second-order valence-electron chi connectivity index (χ2n) is 6.14. The van der Waals surface area contributed by atoms with E-state index in [1.165, 1.54) is 22.4 Å². The van der Waals surface area contributed by atoms with E-state index in [2.05, 4.69) is 15.3 Å². The third-order valence-corrected chi connectivity index (χ3v) is 5.16. The highest BCUT2D eigenvalue weighted by Gasteiger charge is 2.33. The number of amides is 3. The first-order chi connectivity index (χ1) is 12.1. The molecule has 0 radical (unpaired) electrons. The fourth-order valence-electron chi connectivity index (χ4n) is 3.17. The third-order valence-electron chi connectivity index (χ3n) is 4.47. The number of thiophene rings is 1. The second kappa shape index (κ2) is 6.40. The third kappa shape index (κ3) is 3.07. The van der Waals surface area contributed by atoms with E-state index in [1.807, 2.05) is 21.7 Å². The number of halogens is 1. The lowest BCUT2D eigenvalue weighted by molar-refractivity contribution is -0.125. The number of hydrogen-bond acceptors (Lipinski definition) is 6. The predicted octanol–water partition coefficient (Wildman–Crippen LogP) is 1.72. The van der Waals surface area contributed by atoms with Crippen molar-refractivity contribution in [3.8, 4) is 11.3 Å². The van der Waals surface area contributed by atoms with Crippen LogP contribution in [0.25, 0.3) is 11.3 Å². The summed E-state index contributed by atoms with van der Waals surface area (Å²) in [5, 5.41) is 6.25. The number of anilines is 1. The van der Waals surface area contributed by atoms with E-state index < -0.39 is 5.82 Å². The van der Waals surface area contributed by atoms with Crippen molar-refractivity contribution in [1.82, 2.24) is 20.2 Å². The van der Waals surface area contributed by atoms with E-state index in [0.29, 0.717) is 31.3 Å². The maximum absolute atomic E-state index is 14.0. The molecule has 2 aliphatic heterocycles. The normalized spacial score (nSPS) is 20.4. The molecule has 1 N–H and O–H groups in total. The topological polar surface area (TPSA) is 78.4 Å². The van der Waals surface area contributed by atoms with Crippen LogP contribution >= 0.6 is 11.3 Å². The molecule has 0 bridgehead atoms. The Morgan fingerprint density at radius 2 is 2.28 bits per heavy atom. The minimum absolute atomic E-state index is 0.0698. The molecule has 1 unspecified atom stereocenters. The number of urea groups is 1. The number of carbonyl (C=O) groups is 2. The summed E-state index contributed by atoms with van der Waals surface area (Å²) in [7, 11) is 0. The molecule has 1 atom stereocenters. The van der Waals surface area contributed by atoms with E-state index in [0.717, 1.165) is 12.0 Å². The Kier molecular flexibility index (Phi) is 4.08. The van der Waals surface area contributed by atoms with Crippen LogP contribution in [-0.2, 0) is 4.79 Å². The summed E-state index contributed by atoms with van der Waals surface area (Å²) < 4.78 is 14.0. The van der Waals surface area contributed by atoms with Crippen LogP contribution in [-0.4, -0.2) is 53.0 Å². The first kappa shape index (κ1) is 15.9. The molecule has 7 nitrogen and oxygen atoms in total. The maximum Gasteiger partial charge on any atom is 0.324 e. The molecule has 0 aliphatic carbocycles. The lowest BCUT2D eigenvalue weighted by Crippen LogP contribution is -2.36. The number of hydrogen-bond donors (Lipinski definition) is 1. The Balaban J connectivity index is 1.48. The molecule has 130 valence electrons. The summed E-state index contributed by atoms with van der Waals surface area (Å²) in [6.07, 6.45) is 2.02. The predicted molar refractivity (Wildman–Crippen MR) is 90.7 cm³/mol. The van der Waals surface area contributed by atoms with Crippen molar-refractivity contribution in [3.05, 3.63) is 28.8 Å². The number of carbonyl (C=O) groups excluding carboxylic acids is 2. The van der Waals surface area contributed by atoms with Gasteiger partial charge in [0.2, 0.25) is 11.9 Å². The smallest absolute Gasteiger partial charge is 0.324 e. The van der Waals surface area contributed by atoms with Crippen molar-refractivity contribution in [2.24, 2.45) is 5.92 Å². The minimum atomic E-state index is -0.447. The summed E-state index contributed by atoms with van der Waals surface area (Å²) in [4.78, 5) is 35.1. The van der Waals surface area contributed by atoms with Crippen LogP contribution in [0.15, 0.2) is 23.0 Å². The lowest BCUT2D eigenvalue weighted by atomic mass is 10.1. The zero-order chi connectivity index (χ0) is 17.4. The van der Waals surface area contributed by atoms with Gasteiger partial charge in [-0.05, 0) is 23.8 Å². The van der Waals surface area contributed by atoms with Crippen LogP contribution in [0.1, 0.15) is 6.42 Å². The molecule has 0 aromatic carbocycles. The van der Waals surface area contributed by atoms with Gasteiger partial charge in [0.1, 0.15) is 5.69 Å². The fraction of sp³-hybridized carbons (Fsp3) is 0.375. The fourth-order valence-corrected chi connectivity index (χ4v) is 3.81. The van der Waals surface area contributed by atoms with Crippen molar-refractivity contribution in [3.63, 3.8) is 0 Å². The highest BCUT2D eigenvalue weighted by Crippen LogP contribution is 2.27. The van der Waals surface area contributed by atoms with Crippen LogP contribution in [0, 0.1) is 11.7 Å². The van der Waals surface area contributed by atoms with Crippen molar-refractivity contribution in [1.29, 1.82) is 0 Å². The maximum atomic E-state index is 14.0. The number of nitrogens with one attached hydrogen (secondary N) is 1. The lowest BCUT2D eigenvalue weighted by Gasteiger charge is -2.19. The largest absolute Gasteiger partial charge is 0.340 e. The van der Waals surface area contributed by atoms with Gasteiger partial charge >= 0.3 is 6.03 Å². The van der Waals surface area contributed by atoms with Gasteiger partial charge in [-0.1, -0.05) is 0 Å². The van der Waals surface area contributed by atoms with E-state index in [4.69, 9.17) is 0 Å². The van der Waals surface area contributed by atoms with Crippen molar-refractivity contribution in [2.45, 2.75) is 6.42 Å². The summed E-state index contributed by atoms with van der Waals surface area (Å²) in [6.45, 7) is 1.80. The molecule has 4 heterocycles. The minimum Gasteiger partial charge on any atom is -0.340 e. The summed E-state index contributed by atoms with van der Waals surface area (Å²) in [5.74, 6) is -0.00758. The van der Waals surface area contributed by atoms with Crippen molar-refractivity contribution < 1.29 is 14.0 Å². The van der Waals surface area contributed by atoms with Gasteiger partial charge in [-0.15, -0.1) is 0 Å². The standard InChI is InChI=1S/C16H16FN5O2S/c17-12-5-18-15(20-14(12)11-2-4-25-9-11)21-3-1-10(7-21)8-22-13(23)6-19-16(22)24/h2,4-5,9-10H,1,3,6-8H2,(H,19,24). The van der Waals surface area contributed by atoms with Crippen LogP contribution in [0.4, 0.5) is 15.1 Å². The van der Waals surface area contributed by atoms with E-state index in [-0.39, 0.29) is 24.4 Å². The monoisotopic (exact) mass is 361 g/mol. The number of rotatable bonds is 4. The Morgan fingerprint density at radius 3 is 3.00 bits per heavy atom. The molecule has 0 spiro atoms. The molecule has 0 saturated carbocycles. The molecule has 4 rings (SSSR count). The van der Waals surface area contributed by atoms with Gasteiger partial charge in [-0.2, -0.15) is 11.3 Å². The van der Waals surface area contributed by atoms with E-state index >= 15 is 0 Å². The van der Waals surface area contributed by atoms with Crippen LogP contribution < -0.4 is 10.2 Å². The molecule has 2 fully saturated rings. The van der Waals surface area contributed by atoms with Crippen LogP contribution in [0.2, 0.25) is 0 Å². The summed E-state index contributed by atoms with van der Waals surface area (Å²) >= 11 is 1.48. The van der Waals surface area contributed by atoms with Gasteiger partial charge < -0.3 is 10.2 Å². The molecule has 2 aromatic rings. The Morgan fingerprint density at radius 1 is 1.40 bits per heavy atom. The molecule has 2 aliphatic rings. The summed E-state index contributed by atoms with van der Waals surface area (Å²) in [6, 6.07) is 1.49. The highest BCUT2D eigenvalue weighted by molar-refractivity contribution is 7.08. The molecule has 2 aromatic heterocycles. The molecular weight excluding hydrogens is 345 g/mol. The first-order valence-electron chi connectivity index (χ1n) is 8.00. The average Bonchev–Trinajstić information content (AvgIpc) is 3.34. The summed E-state index contributed by atoms with van der Waals surface area (Å²) in [5.41, 5.74) is 1.03. The Labute approximate surface area is 147 Å². The second-order valence-corrected chi connectivity index (χ2v) is 6.92. The molecule has 9 heteroatoms. The zero-order valence-electron chi connectivity index (χ0n) is 13.3. The quantitative estimate of drug-likeness (QED) is 0.839. The zero-order valence-corrected chi connectivity index (χ0v) is 14.1. The van der Waals surface area contributed by atoms with Crippen molar-refractivity contribution in [2.75, 3.05) is 31.1 Å². The molecular formula is C16H16FN5O2S. The van der Waals surface area contributed by atoms with Gasteiger partial charge in [0.05, 0.1) is 12.7 Å². The molecule has 3 amide bonds. The van der Waals surface area contributed by atoms with Crippen LogP contribution in [0.3, 0.4) is 0 Å². The molecule has 25 heavy (non-hydrogen) atoms. The Bertz CT molecular complexity index is 797. The van der Waals surface area contributed by atoms with Gasteiger partial charge in [-0.3, -0.25) is 9.69 Å². The van der Waals surface area contributed by atoms with E-state index in [1.54, 1.807) is 0 Å².